The van der Waals surface area contributed by atoms with Gasteiger partial charge in [0, 0.05) is 0 Å². The van der Waals surface area contributed by atoms with Crippen LogP contribution in [0.15, 0.2) is 0 Å². The zero-order valence-electron chi connectivity index (χ0n) is 13.3. The molecule has 12 heteroatoms. The van der Waals surface area contributed by atoms with Crippen molar-refractivity contribution in [2.24, 2.45) is 0 Å². The first kappa shape index (κ1) is 19.2. The number of nitrogens with zero attached hydrogens (tertiary/aromatic N) is 6. The largest absolute Gasteiger partial charge is 0.376 e. The Morgan fingerprint density at radius 3 is 1.78 bits per heavy atom. The first-order chi connectivity index (χ1) is 11.1. The van der Waals surface area contributed by atoms with Crippen molar-refractivity contribution in [3.63, 3.8) is 0 Å². The number of anilines is 3. The second-order valence-corrected chi connectivity index (χ2v) is 3.85. The van der Waals surface area contributed by atoms with Crippen LogP contribution < -0.4 is 15.2 Å². The van der Waals surface area contributed by atoms with Gasteiger partial charge in [0.2, 0.25) is 5.95 Å². The van der Waals surface area contributed by atoms with Crippen LogP contribution in [0, 0.1) is 0 Å². The molecular weight excluding hydrogens is 312 g/mol. The molecular formula is C11H22N6O6. The van der Waals surface area contributed by atoms with E-state index >= 15 is 0 Å². The molecule has 0 spiro atoms. The van der Waals surface area contributed by atoms with E-state index in [2.05, 4.69) is 15.0 Å². The van der Waals surface area contributed by atoms with Crippen molar-refractivity contribution in [2.45, 2.75) is 13.8 Å². The van der Waals surface area contributed by atoms with Gasteiger partial charge >= 0.3 is 0 Å². The van der Waals surface area contributed by atoms with Crippen molar-refractivity contribution in [1.82, 2.24) is 15.0 Å². The van der Waals surface area contributed by atoms with E-state index in [0.717, 1.165) is 15.2 Å². The van der Waals surface area contributed by atoms with Gasteiger partial charge in [-0.3, -0.25) is 9.74 Å². The summed E-state index contributed by atoms with van der Waals surface area (Å²) in [4.78, 5) is 28.6. The van der Waals surface area contributed by atoms with Crippen LogP contribution >= 0.6 is 0 Å². The summed E-state index contributed by atoms with van der Waals surface area (Å²) in [5.74, 6) is -0.169. The average Bonchev–Trinajstić information content (AvgIpc) is 2.57. The smallest absolute Gasteiger partial charge is 0.284 e. The van der Waals surface area contributed by atoms with Crippen molar-refractivity contribution in [2.75, 3.05) is 55.7 Å². The number of aromatic nitrogens is 3. The summed E-state index contributed by atoms with van der Waals surface area (Å²) in [5.41, 5.74) is 0. The summed E-state index contributed by atoms with van der Waals surface area (Å²) in [7, 11) is 1.32. The number of hydroxylamine groups is 1. The van der Waals surface area contributed by atoms with E-state index in [1.165, 1.54) is 7.11 Å². The molecule has 1 aromatic heterocycles. The highest BCUT2D eigenvalue weighted by Crippen LogP contribution is 2.19. The van der Waals surface area contributed by atoms with Crippen LogP contribution in [0.1, 0.15) is 13.8 Å². The minimum Gasteiger partial charge on any atom is -0.376 e. The molecule has 0 aliphatic heterocycles. The molecule has 0 aliphatic carbocycles. The van der Waals surface area contributed by atoms with E-state index in [1.807, 2.05) is 0 Å². The van der Waals surface area contributed by atoms with Gasteiger partial charge in [-0.2, -0.15) is 20.0 Å². The molecule has 0 unspecified atom stereocenters. The van der Waals surface area contributed by atoms with Crippen LogP contribution in [-0.4, -0.2) is 70.8 Å². The van der Waals surface area contributed by atoms with Crippen LogP contribution in [0.5, 0.6) is 0 Å². The van der Waals surface area contributed by atoms with E-state index < -0.39 is 20.2 Å². The highest BCUT2D eigenvalue weighted by Gasteiger charge is 2.20. The Labute approximate surface area is 133 Å². The Kier molecular flexibility index (Phi) is 8.39. The fraction of sp³-hybridized carbons (Fsp3) is 0.727. The SMILES string of the molecule is CCON(OCC)c1nc(N(CO)CO)nc(N(CO)OC)n1. The molecule has 0 bridgehead atoms. The molecule has 0 saturated carbocycles. The number of aliphatic hydroxyl groups is 3. The zero-order chi connectivity index (χ0) is 17.2. The van der Waals surface area contributed by atoms with Gasteiger partial charge in [-0.05, 0) is 13.8 Å². The van der Waals surface area contributed by atoms with Crippen LogP contribution in [-0.2, 0) is 14.5 Å². The van der Waals surface area contributed by atoms with Crippen LogP contribution in [0.4, 0.5) is 17.8 Å². The molecule has 0 aliphatic rings. The number of aliphatic hydroxyl groups excluding tert-OH is 3. The second kappa shape index (κ2) is 10.0. The average molecular weight is 334 g/mol. The molecule has 23 heavy (non-hydrogen) atoms. The minimum absolute atomic E-state index is 0.0453. The van der Waals surface area contributed by atoms with Crippen molar-refractivity contribution in [3.05, 3.63) is 0 Å². The second-order valence-electron chi connectivity index (χ2n) is 3.85. The Bertz CT molecular complexity index is 422. The molecule has 0 aromatic carbocycles. The summed E-state index contributed by atoms with van der Waals surface area (Å²) in [5, 5.41) is 29.7. The van der Waals surface area contributed by atoms with Gasteiger partial charge in [-0.15, -0.1) is 0 Å². The quantitative estimate of drug-likeness (QED) is 0.324. The molecule has 12 nitrogen and oxygen atoms in total. The number of hydrogen-bond donors (Lipinski definition) is 3. The van der Waals surface area contributed by atoms with E-state index in [9.17, 15) is 15.3 Å². The topological polar surface area (TPSA) is 137 Å². The molecule has 132 valence electrons. The van der Waals surface area contributed by atoms with Gasteiger partial charge in [0.05, 0.1) is 20.3 Å². The summed E-state index contributed by atoms with van der Waals surface area (Å²) < 4.78 is 0. The van der Waals surface area contributed by atoms with E-state index in [0.29, 0.717) is 0 Å². The van der Waals surface area contributed by atoms with Gasteiger partial charge in [0.15, 0.2) is 0 Å². The fourth-order valence-corrected chi connectivity index (χ4v) is 1.44. The predicted octanol–water partition coefficient (Wildman–Crippen LogP) is -1.40. The van der Waals surface area contributed by atoms with Gasteiger partial charge in [-0.25, -0.2) is 9.68 Å². The molecule has 0 radical (unpaired) electrons. The van der Waals surface area contributed by atoms with Crippen LogP contribution in [0.25, 0.3) is 0 Å². The molecule has 1 aromatic rings. The van der Waals surface area contributed by atoms with Crippen molar-refractivity contribution in [1.29, 1.82) is 0 Å². The maximum Gasteiger partial charge on any atom is 0.284 e. The summed E-state index contributed by atoms with van der Waals surface area (Å²) in [6.45, 7) is 2.47. The lowest BCUT2D eigenvalue weighted by Gasteiger charge is -2.24. The van der Waals surface area contributed by atoms with Crippen LogP contribution in [0.2, 0.25) is 0 Å². The molecule has 0 atom stereocenters. The van der Waals surface area contributed by atoms with Gasteiger partial charge < -0.3 is 15.3 Å². The van der Waals surface area contributed by atoms with E-state index in [1.54, 1.807) is 13.8 Å². The summed E-state index contributed by atoms with van der Waals surface area (Å²) >= 11 is 0. The van der Waals surface area contributed by atoms with E-state index in [-0.39, 0.29) is 31.1 Å². The first-order valence-electron chi connectivity index (χ1n) is 6.86. The lowest BCUT2D eigenvalue weighted by Crippen LogP contribution is -2.33. The first-order valence-corrected chi connectivity index (χ1v) is 6.86. The van der Waals surface area contributed by atoms with Gasteiger partial charge in [0.1, 0.15) is 20.2 Å². The Hall–Kier alpha value is -1.83. The molecule has 1 rings (SSSR count). The highest BCUT2D eigenvalue weighted by molar-refractivity contribution is 5.43. The normalized spacial score (nSPS) is 10.7. The highest BCUT2D eigenvalue weighted by atomic mass is 16.9. The monoisotopic (exact) mass is 334 g/mol. The van der Waals surface area contributed by atoms with Crippen molar-refractivity contribution < 1.29 is 29.8 Å². The minimum atomic E-state index is -0.533. The summed E-state index contributed by atoms with van der Waals surface area (Å²) in [6.07, 6.45) is 0. The van der Waals surface area contributed by atoms with Crippen LogP contribution in [0.3, 0.4) is 0 Å². The third kappa shape index (κ3) is 5.09. The zero-order valence-corrected chi connectivity index (χ0v) is 13.3. The third-order valence-corrected chi connectivity index (χ3v) is 2.45. The lowest BCUT2D eigenvalue weighted by molar-refractivity contribution is -0.0852. The van der Waals surface area contributed by atoms with E-state index in [4.69, 9.17) is 14.5 Å². The molecule has 0 fully saturated rings. The lowest BCUT2D eigenvalue weighted by atomic mass is 10.7. The standard InChI is InChI=1S/C11H22N6O6/c1-4-22-17(23-5-2)11-13-9(15(6-18)7-19)12-10(14-11)16(8-20)21-3/h18-20H,4-8H2,1-3H3. The third-order valence-electron chi connectivity index (χ3n) is 2.45. The Morgan fingerprint density at radius 2 is 1.35 bits per heavy atom. The van der Waals surface area contributed by atoms with Crippen molar-refractivity contribution >= 4 is 17.8 Å². The Balaban J connectivity index is 3.31. The van der Waals surface area contributed by atoms with Gasteiger partial charge in [-0.1, -0.05) is 5.23 Å². The Morgan fingerprint density at radius 1 is 0.826 bits per heavy atom. The molecule has 3 N–H and O–H groups in total. The summed E-state index contributed by atoms with van der Waals surface area (Å²) in [6, 6.07) is 0. The molecule has 0 amide bonds. The number of hydrogen-bond acceptors (Lipinski definition) is 12. The predicted molar refractivity (Wildman–Crippen MR) is 78.8 cm³/mol. The van der Waals surface area contributed by atoms with Gasteiger partial charge in [0.25, 0.3) is 11.9 Å². The fourth-order valence-electron chi connectivity index (χ4n) is 1.44. The maximum absolute atomic E-state index is 9.27. The number of rotatable bonds is 11. The van der Waals surface area contributed by atoms with Crippen molar-refractivity contribution in [3.8, 4) is 0 Å². The maximum atomic E-state index is 9.27. The molecule has 1 heterocycles. The molecule has 0 saturated heterocycles.